The van der Waals surface area contributed by atoms with Gasteiger partial charge in [0.25, 0.3) is 0 Å². The third-order valence-electron chi connectivity index (χ3n) is 3.31. The van der Waals surface area contributed by atoms with Gasteiger partial charge in [0.1, 0.15) is 5.75 Å². The number of anilines is 1. The van der Waals surface area contributed by atoms with Gasteiger partial charge in [-0.1, -0.05) is 0 Å². The van der Waals surface area contributed by atoms with Gasteiger partial charge in [-0.2, -0.15) is 0 Å². The summed E-state index contributed by atoms with van der Waals surface area (Å²) in [6.07, 6.45) is 3.42. The molecule has 0 aliphatic rings. The highest BCUT2D eigenvalue weighted by molar-refractivity contribution is 5.90. The van der Waals surface area contributed by atoms with Crippen molar-refractivity contribution in [1.29, 1.82) is 0 Å². The molecule has 2 amide bonds. The second-order valence-corrected chi connectivity index (χ2v) is 5.01. The third kappa shape index (κ3) is 4.22. The van der Waals surface area contributed by atoms with E-state index in [1.54, 1.807) is 12.4 Å². The van der Waals surface area contributed by atoms with E-state index in [1.165, 1.54) is 0 Å². The summed E-state index contributed by atoms with van der Waals surface area (Å²) in [7, 11) is 0. The predicted molar refractivity (Wildman–Crippen MR) is 87.2 cm³/mol. The number of amides is 2. The lowest BCUT2D eigenvalue weighted by molar-refractivity contribution is 0.249. The normalized spacial score (nSPS) is 11.6. The Kier molecular flexibility index (Phi) is 5.36. The van der Waals surface area contributed by atoms with Gasteiger partial charge in [-0.15, -0.1) is 0 Å². The van der Waals surface area contributed by atoms with E-state index in [9.17, 15) is 4.79 Å². The molecular weight excluding hydrogens is 278 g/mol. The van der Waals surface area contributed by atoms with E-state index in [0.29, 0.717) is 6.61 Å². The molecule has 2 N–H and O–H groups in total. The van der Waals surface area contributed by atoms with Crippen molar-refractivity contribution >= 4 is 11.7 Å². The topological polar surface area (TPSA) is 63.2 Å². The number of nitrogens with one attached hydrogen (secondary N) is 2. The number of benzene rings is 1. The lowest BCUT2D eigenvalue weighted by Gasteiger charge is -2.16. The van der Waals surface area contributed by atoms with Crippen molar-refractivity contribution in [2.45, 2.75) is 26.8 Å². The molecule has 1 aromatic carbocycles. The molecule has 0 saturated heterocycles. The zero-order valence-corrected chi connectivity index (χ0v) is 13.1. The van der Waals surface area contributed by atoms with Crippen LogP contribution >= 0.6 is 0 Å². The summed E-state index contributed by atoms with van der Waals surface area (Å²) in [6, 6.07) is 9.03. The van der Waals surface area contributed by atoms with Crippen LogP contribution < -0.4 is 15.4 Å². The number of nitrogens with zero attached hydrogens (tertiary/aromatic N) is 1. The van der Waals surface area contributed by atoms with Gasteiger partial charge >= 0.3 is 6.03 Å². The maximum absolute atomic E-state index is 12.1. The molecule has 2 aromatic rings. The highest BCUT2D eigenvalue weighted by atomic mass is 16.5. The first-order valence-corrected chi connectivity index (χ1v) is 7.31. The molecule has 0 aliphatic heterocycles. The number of aryl methyl sites for hydroxylation is 1. The molecule has 116 valence electrons. The Balaban J connectivity index is 1.97. The number of ether oxygens (including phenoxy) is 1. The summed E-state index contributed by atoms with van der Waals surface area (Å²) in [5, 5.41) is 5.76. The van der Waals surface area contributed by atoms with Crippen LogP contribution in [-0.2, 0) is 0 Å². The van der Waals surface area contributed by atoms with Crippen molar-refractivity contribution in [3.8, 4) is 5.75 Å². The van der Waals surface area contributed by atoms with Gasteiger partial charge in [-0.05, 0) is 62.2 Å². The quantitative estimate of drug-likeness (QED) is 0.885. The Morgan fingerprint density at radius 3 is 2.64 bits per heavy atom. The van der Waals surface area contributed by atoms with Gasteiger partial charge in [-0.25, -0.2) is 4.79 Å². The zero-order valence-electron chi connectivity index (χ0n) is 13.1. The minimum Gasteiger partial charge on any atom is -0.494 e. The molecular formula is C17H21N3O2. The highest BCUT2D eigenvalue weighted by Crippen LogP contribution is 2.21. The van der Waals surface area contributed by atoms with Crippen molar-refractivity contribution < 1.29 is 9.53 Å². The van der Waals surface area contributed by atoms with Gasteiger partial charge in [0.15, 0.2) is 0 Å². The number of pyridine rings is 1. The second-order valence-electron chi connectivity index (χ2n) is 5.01. The standard InChI is InChI=1S/C17H21N3O2/c1-4-22-15-5-6-16(12(2)11-15)20-17(21)19-13(3)14-7-9-18-10-8-14/h5-11,13H,4H2,1-3H3,(H2,19,20,21). The van der Waals surface area contributed by atoms with Crippen molar-refractivity contribution in [2.24, 2.45) is 0 Å². The van der Waals surface area contributed by atoms with Gasteiger partial charge in [0, 0.05) is 18.1 Å². The van der Waals surface area contributed by atoms with E-state index in [4.69, 9.17) is 4.74 Å². The van der Waals surface area contributed by atoms with Crippen LogP contribution in [0.25, 0.3) is 0 Å². The van der Waals surface area contributed by atoms with Crippen LogP contribution in [0.4, 0.5) is 10.5 Å². The van der Waals surface area contributed by atoms with Crippen molar-refractivity contribution in [3.63, 3.8) is 0 Å². The molecule has 1 aromatic heterocycles. The van der Waals surface area contributed by atoms with Crippen molar-refractivity contribution in [1.82, 2.24) is 10.3 Å². The summed E-state index contributed by atoms with van der Waals surface area (Å²) in [5.74, 6) is 0.802. The van der Waals surface area contributed by atoms with Gasteiger partial charge in [0.2, 0.25) is 0 Å². The summed E-state index contributed by atoms with van der Waals surface area (Å²) >= 11 is 0. The van der Waals surface area contributed by atoms with Crippen molar-refractivity contribution in [3.05, 3.63) is 53.9 Å². The molecule has 0 saturated carbocycles. The maximum Gasteiger partial charge on any atom is 0.319 e. The SMILES string of the molecule is CCOc1ccc(NC(=O)NC(C)c2ccncc2)c(C)c1. The molecule has 2 rings (SSSR count). The van der Waals surface area contributed by atoms with E-state index < -0.39 is 0 Å². The number of hydrogen-bond acceptors (Lipinski definition) is 3. The number of carbonyl (C=O) groups is 1. The number of rotatable bonds is 5. The third-order valence-corrected chi connectivity index (χ3v) is 3.31. The molecule has 0 aliphatic carbocycles. The number of hydrogen-bond donors (Lipinski definition) is 2. The minimum atomic E-state index is -0.239. The van der Waals surface area contributed by atoms with Crippen LogP contribution in [-0.4, -0.2) is 17.6 Å². The second kappa shape index (κ2) is 7.45. The minimum absolute atomic E-state index is 0.0917. The fourth-order valence-electron chi connectivity index (χ4n) is 2.12. The molecule has 5 heteroatoms. The van der Waals surface area contributed by atoms with Gasteiger partial charge < -0.3 is 15.4 Å². The van der Waals surface area contributed by atoms with Crippen LogP contribution in [0.2, 0.25) is 0 Å². The maximum atomic E-state index is 12.1. The monoisotopic (exact) mass is 299 g/mol. The summed E-state index contributed by atoms with van der Waals surface area (Å²) < 4.78 is 5.43. The molecule has 22 heavy (non-hydrogen) atoms. The summed E-state index contributed by atoms with van der Waals surface area (Å²) in [4.78, 5) is 16.1. The Morgan fingerprint density at radius 2 is 2.00 bits per heavy atom. The van der Waals surface area contributed by atoms with Gasteiger partial charge in [0.05, 0.1) is 12.6 Å². The molecule has 0 fully saturated rings. The fraction of sp³-hybridized carbons (Fsp3) is 0.294. The molecule has 1 atom stereocenters. The molecule has 0 spiro atoms. The predicted octanol–water partition coefficient (Wildman–Crippen LogP) is 3.67. The number of urea groups is 1. The van der Waals surface area contributed by atoms with Crippen LogP contribution in [0, 0.1) is 6.92 Å². The lowest BCUT2D eigenvalue weighted by atomic mass is 10.1. The molecule has 1 unspecified atom stereocenters. The number of carbonyl (C=O) groups excluding carboxylic acids is 1. The van der Waals surface area contributed by atoms with E-state index in [0.717, 1.165) is 22.6 Å². The van der Waals surface area contributed by atoms with Crippen LogP contribution in [0.5, 0.6) is 5.75 Å². The van der Waals surface area contributed by atoms with Crippen molar-refractivity contribution in [2.75, 3.05) is 11.9 Å². The fourth-order valence-corrected chi connectivity index (χ4v) is 2.12. The first-order valence-electron chi connectivity index (χ1n) is 7.31. The zero-order chi connectivity index (χ0) is 15.9. The first kappa shape index (κ1) is 15.8. The highest BCUT2D eigenvalue weighted by Gasteiger charge is 2.10. The Labute approximate surface area is 130 Å². The number of aromatic nitrogens is 1. The lowest BCUT2D eigenvalue weighted by Crippen LogP contribution is -2.31. The molecule has 1 heterocycles. The Hall–Kier alpha value is -2.56. The van der Waals surface area contributed by atoms with Gasteiger partial charge in [-0.3, -0.25) is 4.98 Å². The van der Waals surface area contributed by atoms with Crippen LogP contribution in [0.3, 0.4) is 0 Å². The van der Waals surface area contributed by atoms with Crippen LogP contribution in [0.15, 0.2) is 42.7 Å². The largest absolute Gasteiger partial charge is 0.494 e. The first-order chi connectivity index (χ1) is 10.6. The molecule has 5 nitrogen and oxygen atoms in total. The average molecular weight is 299 g/mol. The molecule has 0 radical (unpaired) electrons. The smallest absolute Gasteiger partial charge is 0.319 e. The Bertz CT molecular complexity index is 629. The summed E-state index contributed by atoms with van der Waals surface area (Å²) in [6.45, 7) is 6.43. The van der Waals surface area contributed by atoms with Crippen LogP contribution in [0.1, 0.15) is 31.0 Å². The average Bonchev–Trinajstić information content (AvgIpc) is 2.51. The molecule has 0 bridgehead atoms. The van der Waals surface area contributed by atoms with E-state index in [2.05, 4.69) is 15.6 Å². The summed E-state index contributed by atoms with van der Waals surface area (Å²) in [5.41, 5.74) is 2.73. The Morgan fingerprint density at radius 1 is 1.27 bits per heavy atom. The van der Waals surface area contributed by atoms with E-state index >= 15 is 0 Å². The van der Waals surface area contributed by atoms with E-state index in [-0.39, 0.29) is 12.1 Å². The van der Waals surface area contributed by atoms with E-state index in [1.807, 2.05) is 51.1 Å².